The number of hydrogen-bond donors (Lipinski definition) is 2. The number of benzene rings is 2. The van der Waals surface area contributed by atoms with Gasteiger partial charge < -0.3 is 10.1 Å². The number of halogens is 1. The molecule has 2 aromatic rings. The van der Waals surface area contributed by atoms with Gasteiger partial charge in [0.25, 0.3) is 5.91 Å². The zero-order valence-electron chi connectivity index (χ0n) is 18.9. The van der Waals surface area contributed by atoms with Gasteiger partial charge in [-0.15, -0.1) is 4.36 Å². The minimum Gasteiger partial charge on any atom is -0.444 e. The Bertz CT molecular complexity index is 1100. The topological polar surface area (TPSA) is 111 Å². The van der Waals surface area contributed by atoms with Gasteiger partial charge in [-0.3, -0.25) is 4.79 Å². The Morgan fingerprint density at radius 2 is 1.72 bits per heavy atom. The predicted octanol–water partition coefficient (Wildman–Crippen LogP) is 4.66. The van der Waals surface area contributed by atoms with Gasteiger partial charge in [-0.25, -0.2) is 18.5 Å². The maximum atomic E-state index is 13.6. The second kappa shape index (κ2) is 10.2. The highest BCUT2D eigenvalue weighted by Crippen LogP contribution is 2.23. The summed E-state index contributed by atoms with van der Waals surface area (Å²) in [4.78, 5) is 25.1. The molecule has 0 aliphatic heterocycles. The van der Waals surface area contributed by atoms with E-state index in [9.17, 15) is 18.2 Å². The van der Waals surface area contributed by atoms with Crippen molar-refractivity contribution in [3.8, 4) is 11.1 Å². The Kier molecular flexibility index (Phi) is 8.14. The van der Waals surface area contributed by atoms with Crippen LogP contribution >= 0.6 is 0 Å². The standard InChI is InChI=1S/C23H30FN3O4S/c1-15(2)12-20(26-22(29)31-23(3,4)5)21(28)27-32(25,30)19-11-7-9-17(14-19)16-8-6-10-18(24)13-16/h6-11,13-15,20H,12H2,1-5H3,(H,26,29)(H2,25,27,28,30)/t20-,32?/m0/s1. The zero-order chi connectivity index (χ0) is 24.1. The number of ether oxygens (including phenoxy) is 1. The average Bonchev–Trinajstić information content (AvgIpc) is 2.65. The van der Waals surface area contributed by atoms with Crippen molar-refractivity contribution >= 4 is 21.9 Å². The summed E-state index contributed by atoms with van der Waals surface area (Å²) in [5.74, 6) is -1.18. The van der Waals surface area contributed by atoms with Gasteiger partial charge in [-0.1, -0.05) is 38.1 Å². The first-order chi connectivity index (χ1) is 14.8. The molecule has 0 saturated carbocycles. The van der Waals surface area contributed by atoms with Crippen LogP contribution in [0.15, 0.2) is 57.8 Å². The molecule has 3 N–H and O–H groups in total. The molecular formula is C23H30FN3O4S. The first-order valence-electron chi connectivity index (χ1n) is 10.2. The van der Waals surface area contributed by atoms with Crippen molar-refractivity contribution in [3.63, 3.8) is 0 Å². The Morgan fingerprint density at radius 1 is 1.12 bits per heavy atom. The van der Waals surface area contributed by atoms with Crippen LogP contribution in [0.1, 0.15) is 41.0 Å². The van der Waals surface area contributed by atoms with Gasteiger partial charge in [-0.2, -0.15) is 0 Å². The number of amides is 2. The smallest absolute Gasteiger partial charge is 0.408 e. The first kappa shape index (κ1) is 25.5. The number of rotatable bonds is 6. The highest BCUT2D eigenvalue weighted by Gasteiger charge is 2.26. The van der Waals surface area contributed by atoms with E-state index in [-0.39, 0.29) is 17.2 Å². The van der Waals surface area contributed by atoms with Gasteiger partial charge in [0, 0.05) is 0 Å². The lowest BCUT2D eigenvalue weighted by Crippen LogP contribution is -2.44. The molecule has 0 aliphatic rings. The summed E-state index contributed by atoms with van der Waals surface area (Å²) in [6.45, 7) is 8.86. The van der Waals surface area contributed by atoms with E-state index < -0.39 is 39.4 Å². The molecular weight excluding hydrogens is 433 g/mol. The molecule has 2 atom stereocenters. The number of carbonyl (C=O) groups is 2. The van der Waals surface area contributed by atoms with E-state index in [1.54, 1.807) is 45.0 Å². The molecule has 0 fully saturated rings. The van der Waals surface area contributed by atoms with Crippen LogP contribution in [0.3, 0.4) is 0 Å². The maximum absolute atomic E-state index is 13.6. The van der Waals surface area contributed by atoms with Crippen LogP contribution in [0.25, 0.3) is 11.1 Å². The van der Waals surface area contributed by atoms with Crippen LogP contribution in [-0.2, 0) is 19.4 Å². The number of nitrogens with one attached hydrogen (secondary N) is 1. The van der Waals surface area contributed by atoms with Crippen molar-refractivity contribution in [3.05, 3.63) is 54.3 Å². The molecule has 2 rings (SSSR count). The molecule has 0 heterocycles. The number of nitrogens with zero attached hydrogens (tertiary/aromatic N) is 1. The van der Waals surface area contributed by atoms with Crippen LogP contribution in [0, 0.1) is 11.7 Å². The van der Waals surface area contributed by atoms with Crippen LogP contribution in [0.5, 0.6) is 0 Å². The van der Waals surface area contributed by atoms with Crippen molar-refractivity contribution in [2.75, 3.05) is 0 Å². The summed E-state index contributed by atoms with van der Waals surface area (Å²) in [6, 6.07) is 11.2. The normalized spacial score (nSPS) is 14.4. The van der Waals surface area contributed by atoms with Crippen LogP contribution in [0.2, 0.25) is 0 Å². The summed E-state index contributed by atoms with van der Waals surface area (Å²) in [5.41, 5.74) is 0.400. The van der Waals surface area contributed by atoms with E-state index in [2.05, 4.69) is 9.68 Å². The highest BCUT2D eigenvalue weighted by atomic mass is 32.2. The van der Waals surface area contributed by atoms with Crippen LogP contribution in [0.4, 0.5) is 9.18 Å². The minimum atomic E-state index is -3.61. The average molecular weight is 464 g/mol. The second-order valence-corrected chi connectivity index (χ2v) is 10.7. The van der Waals surface area contributed by atoms with Crippen LogP contribution in [-0.4, -0.2) is 27.9 Å². The molecule has 0 spiro atoms. The number of alkyl carbamates (subject to hydrolysis) is 1. The summed E-state index contributed by atoms with van der Waals surface area (Å²) in [6.07, 6.45) is -0.510. The highest BCUT2D eigenvalue weighted by molar-refractivity contribution is 7.91. The Morgan fingerprint density at radius 3 is 2.28 bits per heavy atom. The first-order valence-corrected chi connectivity index (χ1v) is 11.8. The fourth-order valence-corrected chi connectivity index (χ4v) is 3.99. The van der Waals surface area contributed by atoms with Gasteiger partial charge in [0.1, 0.15) is 27.4 Å². The van der Waals surface area contributed by atoms with E-state index in [4.69, 9.17) is 9.88 Å². The molecule has 0 saturated heterocycles. The van der Waals surface area contributed by atoms with E-state index in [0.29, 0.717) is 11.1 Å². The third kappa shape index (κ3) is 7.72. The number of hydrogen-bond acceptors (Lipinski definition) is 4. The van der Waals surface area contributed by atoms with Crippen molar-refractivity contribution < 1.29 is 22.9 Å². The van der Waals surface area contributed by atoms with E-state index in [0.717, 1.165) is 0 Å². The zero-order valence-corrected chi connectivity index (χ0v) is 19.7. The van der Waals surface area contributed by atoms with E-state index in [1.165, 1.54) is 24.3 Å². The molecule has 2 aromatic carbocycles. The van der Waals surface area contributed by atoms with Crippen molar-refractivity contribution in [1.29, 1.82) is 0 Å². The van der Waals surface area contributed by atoms with Crippen molar-refractivity contribution in [1.82, 2.24) is 5.32 Å². The SMILES string of the molecule is CC(C)C[C@H](NC(=O)OC(C)(C)C)C(=O)N=S(N)(=O)c1cccc(-c2cccc(F)c2)c1. The monoisotopic (exact) mass is 463 g/mol. The Hall–Kier alpha value is -2.78. The Balaban J connectivity index is 2.34. The van der Waals surface area contributed by atoms with Crippen molar-refractivity contribution in [2.45, 2.75) is 57.6 Å². The molecule has 0 radical (unpaired) electrons. The third-order valence-corrected chi connectivity index (χ3v) is 5.63. The van der Waals surface area contributed by atoms with Crippen LogP contribution < -0.4 is 10.5 Å². The quantitative estimate of drug-likeness (QED) is 0.649. The fraction of sp³-hybridized carbons (Fsp3) is 0.391. The fourth-order valence-electron chi connectivity index (χ4n) is 2.92. The summed E-state index contributed by atoms with van der Waals surface area (Å²) in [5, 5.41) is 8.43. The van der Waals surface area contributed by atoms with E-state index in [1.807, 2.05) is 13.8 Å². The molecule has 7 nitrogen and oxygen atoms in total. The minimum absolute atomic E-state index is 0.0409. The molecule has 9 heteroatoms. The second-order valence-electron chi connectivity index (χ2n) is 8.86. The largest absolute Gasteiger partial charge is 0.444 e. The lowest BCUT2D eigenvalue weighted by atomic mass is 10.0. The third-order valence-electron chi connectivity index (χ3n) is 4.25. The van der Waals surface area contributed by atoms with E-state index >= 15 is 0 Å². The van der Waals surface area contributed by atoms with Gasteiger partial charge in [0.2, 0.25) is 0 Å². The summed E-state index contributed by atoms with van der Waals surface area (Å²) < 4.78 is 35.7. The lowest BCUT2D eigenvalue weighted by molar-refractivity contribution is -0.120. The van der Waals surface area contributed by atoms with Crippen molar-refractivity contribution in [2.24, 2.45) is 15.4 Å². The maximum Gasteiger partial charge on any atom is 0.408 e. The molecule has 32 heavy (non-hydrogen) atoms. The molecule has 1 unspecified atom stereocenters. The summed E-state index contributed by atoms with van der Waals surface area (Å²) >= 11 is 0. The lowest BCUT2D eigenvalue weighted by Gasteiger charge is -2.23. The molecule has 174 valence electrons. The number of carbonyl (C=O) groups excluding carboxylic acids is 2. The molecule has 0 bridgehead atoms. The van der Waals surface area contributed by atoms with Gasteiger partial charge in [0.15, 0.2) is 0 Å². The Labute approximate surface area is 188 Å². The van der Waals surface area contributed by atoms with Gasteiger partial charge in [0.05, 0.1) is 4.90 Å². The molecule has 0 aromatic heterocycles. The predicted molar refractivity (Wildman–Crippen MR) is 122 cm³/mol. The number of nitrogens with two attached hydrogens (primary N) is 1. The van der Waals surface area contributed by atoms with Gasteiger partial charge in [-0.05, 0) is 68.5 Å². The molecule has 0 aliphatic carbocycles. The molecule has 2 amide bonds. The van der Waals surface area contributed by atoms with Gasteiger partial charge >= 0.3 is 6.09 Å². The summed E-state index contributed by atoms with van der Waals surface area (Å²) in [7, 11) is -3.61.